The SMILES string of the molecule is CCN(CC)Cc1ccc(C(=O)Nc2cccc(OCCCC#N)c2)cc1. The van der Waals surface area contributed by atoms with E-state index in [1.807, 2.05) is 42.5 Å². The fourth-order valence-corrected chi connectivity index (χ4v) is 2.68. The van der Waals surface area contributed by atoms with Crippen molar-refractivity contribution in [3.05, 3.63) is 59.7 Å². The van der Waals surface area contributed by atoms with Crippen LogP contribution in [0.3, 0.4) is 0 Å². The zero-order valence-electron chi connectivity index (χ0n) is 16.1. The Morgan fingerprint density at radius 1 is 1.15 bits per heavy atom. The van der Waals surface area contributed by atoms with Crippen molar-refractivity contribution in [3.8, 4) is 11.8 Å². The lowest BCUT2D eigenvalue weighted by molar-refractivity contribution is 0.102. The van der Waals surface area contributed by atoms with Gasteiger partial charge >= 0.3 is 0 Å². The van der Waals surface area contributed by atoms with E-state index >= 15 is 0 Å². The molecule has 0 aliphatic heterocycles. The molecule has 0 aromatic heterocycles. The maximum absolute atomic E-state index is 12.5. The molecule has 0 fully saturated rings. The molecule has 27 heavy (non-hydrogen) atoms. The van der Waals surface area contributed by atoms with Gasteiger partial charge in [0, 0.05) is 30.3 Å². The second-order valence-electron chi connectivity index (χ2n) is 6.25. The molecule has 5 heteroatoms. The molecular formula is C22H27N3O2. The lowest BCUT2D eigenvalue weighted by atomic mass is 10.1. The third kappa shape index (κ3) is 6.76. The highest BCUT2D eigenvalue weighted by molar-refractivity contribution is 6.04. The van der Waals surface area contributed by atoms with Crippen LogP contribution in [0, 0.1) is 11.3 Å². The van der Waals surface area contributed by atoms with E-state index in [0.717, 1.165) is 19.6 Å². The first-order valence-electron chi connectivity index (χ1n) is 9.38. The number of carbonyl (C=O) groups is 1. The number of rotatable bonds is 10. The number of hydrogen-bond donors (Lipinski definition) is 1. The van der Waals surface area contributed by atoms with Crippen molar-refractivity contribution < 1.29 is 9.53 Å². The van der Waals surface area contributed by atoms with Gasteiger partial charge in [0.1, 0.15) is 5.75 Å². The fourth-order valence-electron chi connectivity index (χ4n) is 2.68. The average Bonchev–Trinajstić information content (AvgIpc) is 2.70. The molecule has 1 amide bonds. The Morgan fingerprint density at radius 3 is 2.56 bits per heavy atom. The van der Waals surface area contributed by atoms with Crippen molar-refractivity contribution in [3.63, 3.8) is 0 Å². The second kappa shape index (κ2) is 11.0. The summed E-state index contributed by atoms with van der Waals surface area (Å²) in [7, 11) is 0. The predicted octanol–water partition coefficient (Wildman–Crippen LogP) is 4.46. The molecule has 0 aliphatic carbocycles. The normalized spacial score (nSPS) is 10.4. The van der Waals surface area contributed by atoms with E-state index in [4.69, 9.17) is 10.00 Å². The van der Waals surface area contributed by atoms with Crippen LogP contribution in [-0.2, 0) is 6.54 Å². The smallest absolute Gasteiger partial charge is 0.255 e. The van der Waals surface area contributed by atoms with Gasteiger partial charge in [-0.05, 0) is 49.3 Å². The van der Waals surface area contributed by atoms with E-state index < -0.39 is 0 Å². The van der Waals surface area contributed by atoms with E-state index in [1.54, 1.807) is 6.07 Å². The molecule has 2 rings (SSSR count). The first-order valence-corrected chi connectivity index (χ1v) is 9.38. The number of benzene rings is 2. The van der Waals surface area contributed by atoms with Gasteiger partial charge in [0.25, 0.3) is 5.91 Å². The largest absolute Gasteiger partial charge is 0.493 e. The van der Waals surface area contributed by atoms with Crippen LogP contribution >= 0.6 is 0 Å². The number of nitrogens with one attached hydrogen (secondary N) is 1. The molecule has 0 atom stereocenters. The third-order valence-electron chi connectivity index (χ3n) is 4.31. The average molecular weight is 365 g/mol. The van der Waals surface area contributed by atoms with E-state index in [2.05, 4.69) is 30.1 Å². The molecule has 0 unspecified atom stereocenters. The number of hydrogen-bond acceptors (Lipinski definition) is 4. The van der Waals surface area contributed by atoms with Gasteiger partial charge in [-0.1, -0.05) is 32.0 Å². The number of amides is 1. The summed E-state index contributed by atoms with van der Waals surface area (Å²) in [5, 5.41) is 11.4. The van der Waals surface area contributed by atoms with Crippen LogP contribution in [0.1, 0.15) is 42.6 Å². The van der Waals surface area contributed by atoms with E-state index in [-0.39, 0.29) is 5.91 Å². The number of anilines is 1. The van der Waals surface area contributed by atoms with Crippen molar-refractivity contribution in [1.29, 1.82) is 5.26 Å². The first-order chi connectivity index (χ1) is 13.2. The lowest BCUT2D eigenvalue weighted by Gasteiger charge is -2.18. The Morgan fingerprint density at radius 2 is 1.89 bits per heavy atom. The van der Waals surface area contributed by atoms with Crippen LogP contribution in [0.15, 0.2) is 48.5 Å². The molecule has 2 aromatic carbocycles. The number of carbonyl (C=O) groups excluding carboxylic acids is 1. The molecule has 0 bridgehead atoms. The molecule has 0 saturated heterocycles. The summed E-state index contributed by atoms with van der Waals surface area (Å²) < 4.78 is 5.60. The topological polar surface area (TPSA) is 65.4 Å². The van der Waals surface area contributed by atoms with Crippen LogP contribution < -0.4 is 10.1 Å². The molecule has 0 heterocycles. The molecule has 0 aliphatic rings. The standard InChI is InChI=1S/C22H27N3O2/c1-3-25(4-2)17-18-10-12-19(13-11-18)22(26)24-20-8-7-9-21(16-20)27-15-6-5-14-23/h7-13,16H,3-6,15,17H2,1-2H3,(H,24,26). The Bertz CT molecular complexity index is 762. The van der Waals surface area contributed by atoms with Gasteiger partial charge in [-0.3, -0.25) is 9.69 Å². The van der Waals surface area contributed by atoms with Crippen LogP contribution in [-0.4, -0.2) is 30.5 Å². The minimum absolute atomic E-state index is 0.147. The highest BCUT2D eigenvalue weighted by Crippen LogP contribution is 2.19. The number of nitrogens with zero attached hydrogens (tertiary/aromatic N) is 2. The quantitative estimate of drug-likeness (QED) is 0.631. The van der Waals surface area contributed by atoms with Crippen molar-refractivity contribution in [2.24, 2.45) is 0 Å². The summed E-state index contributed by atoms with van der Waals surface area (Å²) in [6.45, 7) is 7.68. The summed E-state index contributed by atoms with van der Waals surface area (Å²) >= 11 is 0. The predicted molar refractivity (Wildman–Crippen MR) is 108 cm³/mol. The molecule has 5 nitrogen and oxygen atoms in total. The van der Waals surface area contributed by atoms with Gasteiger partial charge in [-0.25, -0.2) is 0 Å². The Hall–Kier alpha value is -2.84. The Balaban J connectivity index is 1.93. The van der Waals surface area contributed by atoms with Crippen molar-refractivity contribution >= 4 is 11.6 Å². The maximum Gasteiger partial charge on any atom is 0.255 e. The Labute approximate surface area is 161 Å². The minimum Gasteiger partial charge on any atom is -0.493 e. The van der Waals surface area contributed by atoms with Gasteiger partial charge in [-0.2, -0.15) is 5.26 Å². The van der Waals surface area contributed by atoms with E-state index in [9.17, 15) is 4.79 Å². The van der Waals surface area contributed by atoms with Crippen molar-refractivity contribution in [2.75, 3.05) is 25.0 Å². The molecule has 2 aromatic rings. The second-order valence-corrected chi connectivity index (χ2v) is 6.25. The molecule has 0 saturated carbocycles. The van der Waals surface area contributed by atoms with Gasteiger partial charge in [0.2, 0.25) is 0 Å². The molecule has 1 N–H and O–H groups in total. The summed E-state index contributed by atoms with van der Waals surface area (Å²) in [4.78, 5) is 14.8. The van der Waals surface area contributed by atoms with Crippen LogP contribution in [0.2, 0.25) is 0 Å². The molecular weight excluding hydrogens is 338 g/mol. The van der Waals surface area contributed by atoms with Gasteiger partial charge in [-0.15, -0.1) is 0 Å². The van der Waals surface area contributed by atoms with Crippen LogP contribution in [0.5, 0.6) is 5.75 Å². The third-order valence-corrected chi connectivity index (χ3v) is 4.31. The summed E-state index contributed by atoms with van der Waals surface area (Å²) in [5.41, 5.74) is 2.51. The Kier molecular flexibility index (Phi) is 8.34. The fraction of sp³-hybridized carbons (Fsp3) is 0.364. The van der Waals surface area contributed by atoms with Crippen molar-refractivity contribution in [1.82, 2.24) is 4.90 Å². The molecule has 0 radical (unpaired) electrons. The van der Waals surface area contributed by atoms with E-state index in [1.165, 1.54) is 5.56 Å². The lowest BCUT2D eigenvalue weighted by Crippen LogP contribution is -2.22. The number of nitriles is 1. The summed E-state index contributed by atoms with van der Waals surface area (Å²) in [5.74, 6) is 0.534. The summed E-state index contributed by atoms with van der Waals surface area (Å²) in [6, 6.07) is 17.1. The van der Waals surface area contributed by atoms with E-state index in [0.29, 0.717) is 36.4 Å². The summed E-state index contributed by atoms with van der Waals surface area (Å²) in [6.07, 6.45) is 1.16. The van der Waals surface area contributed by atoms with Crippen LogP contribution in [0.4, 0.5) is 5.69 Å². The van der Waals surface area contributed by atoms with Crippen LogP contribution in [0.25, 0.3) is 0 Å². The molecule has 142 valence electrons. The number of unbranched alkanes of at least 4 members (excludes halogenated alkanes) is 1. The zero-order chi connectivity index (χ0) is 19.5. The first kappa shape index (κ1) is 20.5. The minimum atomic E-state index is -0.147. The highest BCUT2D eigenvalue weighted by atomic mass is 16.5. The maximum atomic E-state index is 12.5. The monoisotopic (exact) mass is 365 g/mol. The zero-order valence-corrected chi connectivity index (χ0v) is 16.1. The van der Waals surface area contributed by atoms with Gasteiger partial charge in [0.05, 0.1) is 12.7 Å². The number of ether oxygens (including phenoxy) is 1. The highest BCUT2D eigenvalue weighted by Gasteiger charge is 2.08. The van der Waals surface area contributed by atoms with Gasteiger partial charge in [0.15, 0.2) is 0 Å². The van der Waals surface area contributed by atoms with Gasteiger partial charge < -0.3 is 10.1 Å². The van der Waals surface area contributed by atoms with Crippen molar-refractivity contribution in [2.45, 2.75) is 33.2 Å². The molecule has 0 spiro atoms.